The second kappa shape index (κ2) is 5.79. The van der Waals surface area contributed by atoms with Crippen molar-refractivity contribution < 1.29 is 9.72 Å². The Labute approximate surface area is 122 Å². The molecule has 2 unspecified atom stereocenters. The van der Waals surface area contributed by atoms with Crippen LogP contribution in [0.3, 0.4) is 0 Å². The Kier molecular flexibility index (Phi) is 4.28. The predicted octanol–water partition coefficient (Wildman–Crippen LogP) is 3.51. The van der Waals surface area contributed by atoms with E-state index in [0.717, 1.165) is 12.8 Å². The van der Waals surface area contributed by atoms with Crippen LogP contribution in [0.5, 0.6) is 0 Å². The van der Waals surface area contributed by atoms with Gasteiger partial charge in [0.1, 0.15) is 5.02 Å². The third kappa shape index (κ3) is 2.77. The van der Waals surface area contributed by atoms with Crippen LogP contribution >= 0.6 is 11.6 Å². The Balaban J connectivity index is 2.29. The summed E-state index contributed by atoms with van der Waals surface area (Å²) in [6.45, 7) is 4.83. The number of nitro benzene ring substituents is 1. The molecule has 0 aromatic heterocycles. The second-order valence-corrected chi connectivity index (χ2v) is 5.69. The summed E-state index contributed by atoms with van der Waals surface area (Å²) in [5.74, 6) is 0.277. The average Bonchev–Trinajstić information content (AvgIpc) is 2.41. The number of amides is 1. The van der Waals surface area contributed by atoms with Crippen LogP contribution in [0.4, 0.5) is 5.69 Å². The molecule has 2 rings (SSSR count). The molecule has 1 aliphatic rings. The minimum atomic E-state index is -0.568. The summed E-state index contributed by atoms with van der Waals surface area (Å²) in [6.07, 6.45) is 2.07. The fraction of sp³-hybridized carbons (Fsp3) is 0.500. The van der Waals surface area contributed by atoms with E-state index in [9.17, 15) is 14.9 Å². The van der Waals surface area contributed by atoms with Gasteiger partial charge in [-0.2, -0.15) is 0 Å². The quantitative estimate of drug-likeness (QED) is 0.619. The highest BCUT2D eigenvalue weighted by atomic mass is 35.5. The van der Waals surface area contributed by atoms with Gasteiger partial charge in [-0.05, 0) is 37.8 Å². The predicted molar refractivity (Wildman–Crippen MR) is 77.0 cm³/mol. The van der Waals surface area contributed by atoms with Gasteiger partial charge in [-0.25, -0.2) is 0 Å². The Hall–Kier alpha value is -1.62. The van der Waals surface area contributed by atoms with E-state index in [2.05, 4.69) is 6.92 Å². The lowest BCUT2D eigenvalue weighted by Gasteiger charge is -2.38. The van der Waals surface area contributed by atoms with E-state index in [0.29, 0.717) is 18.0 Å². The maximum atomic E-state index is 12.5. The van der Waals surface area contributed by atoms with E-state index in [-0.39, 0.29) is 22.7 Å². The fourth-order valence-corrected chi connectivity index (χ4v) is 2.76. The van der Waals surface area contributed by atoms with Gasteiger partial charge in [-0.3, -0.25) is 14.9 Å². The van der Waals surface area contributed by atoms with Crippen LogP contribution in [0.15, 0.2) is 18.2 Å². The summed E-state index contributed by atoms with van der Waals surface area (Å²) < 4.78 is 0. The van der Waals surface area contributed by atoms with Gasteiger partial charge in [0.15, 0.2) is 0 Å². The van der Waals surface area contributed by atoms with Crippen molar-refractivity contribution in [3.8, 4) is 0 Å². The summed E-state index contributed by atoms with van der Waals surface area (Å²) >= 11 is 5.77. The number of likely N-dealkylation sites (tertiary alicyclic amines) is 1. The standard InChI is InChI=1S/C14H17ClN2O3/c1-9-4-3-7-16(10(9)2)14(18)11-5-6-12(15)13(8-11)17(19)20/h5-6,8-10H,3-4,7H2,1-2H3. The van der Waals surface area contributed by atoms with Crippen molar-refractivity contribution in [2.24, 2.45) is 5.92 Å². The van der Waals surface area contributed by atoms with E-state index in [4.69, 9.17) is 11.6 Å². The first-order chi connectivity index (χ1) is 9.41. The molecule has 5 nitrogen and oxygen atoms in total. The van der Waals surface area contributed by atoms with Crippen molar-refractivity contribution in [2.45, 2.75) is 32.7 Å². The average molecular weight is 297 g/mol. The smallest absolute Gasteiger partial charge is 0.288 e. The number of rotatable bonds is 2. The van der Waals surface area contributed by atoms with Gasteiger partial charge in [0, 0.05) is 24.2 Å². The van der Waals surface area contributed by atoms with Gasteiger partial charge in [0.05, 0.1) is 4.92 Å². The normalized spacial score (nSPS) is 22.6. The molecule has 1 aromatic carbocycles. The summed E-state index contributed by atoms with van der Waals surface area (Å²) in [6, 6.07) is 4.36. The number of nitro groups is 1. The number of benzene rings is 1. The summed E-state index contributed by atoms with van der Waals surface area (Å²) in [5.41, 5.74) is 0.0947. The molecule has 0 spiro atoms. The van der Waals surface area contributed by atoms with E-state index >= 15 is 0 Å². The monoisotopic (exact) mass is 296 g/mol. The summed E-state index contributed by atoms with van der Waals surface area (Å²) in [7, 11) is 0. The van der Waals surface area contributed by atoms with Gasteiger partial charge in [-0.1, -0.05) is 18.5 Å². The lowest BCUT2D eigenvalue weighted by molar-refractivity contribution is -0.384. The fourth-order valence-electron chi connectivity index (χ4n) is 2.57. The van der Waals surface area contributed by atoms with Crippen molar-refractivity contribution >= 4 is 23.2 Å². The summed E-state index contributed by atoms with van der Waals surface area (Å²) in [5, 5.41) is 10.9. The van der Waals surface area contributed by atoms with Gasteiger partial charge >= 0.3 is 0 Å². The van der Waals surface area contributed by atoms with Gasteiger partial charge < -0.3 is 4.90 Å². The van der Waals surface area contributed by atoms with Crippen LogP contribution < -0.4 is 0 Å². The Morgan fingerprint density at radius 1 is 1.45 bits per heavy atom. The maximum Gasteiger partial charge on any atom is 0.288 e. The zero-order chi connectivity index (χ0) is 14.9. The third-order valence-corrected chi connectivity index (χ3v) is 4.34. The van der Waals surface area contributed by atoms with Crippen LogP contribution in [0.25, 0.3) is 0 Å². The van der Waals surface area contributed by atoms with Crippen LogP contribution in [0.1, 0.15) is 37.0 Å². The molecule has 1 heterocycles. The van der Waals surface area contributed by atoms with Gasteiger partial charge in [0.2, 0.25) is 0 Å². The van der Waals surface area contributed by atoms with Crippen LogP contribution in [0, 0.1) is 16.0 Å². The van der Waals surface area contributed by atoms with Crippen molar-refractivity contribution in [3.05, 3.63) is 38.9 Å². The molecule has 1 fully saturated rings. The molecule has 1 amide bonds. The van der Waals surface area contributed by atoms with Crippen LogP contribution in [0.2, 0.25) is 5.02 Å². The number of piperidine rings is 1. The lowest BCUT2D eigenvalue weighted by atomic mass is 9.91. The number of nitrogens with zero attached hydrogens (tertiary/aromatic N) is 2. The lowest BCUT2D eigenvalue weighted by Crippen LogP contribution is -2.46. The molecule has 0 aliphatic carbocycles. The van der Waals surface area contributed by atoms with Crippen molar-refractivity contribution in [1.29, 1.82) is 0 Å². The molecule has 0 N–H and O–H groups in total. The molecule has 0 saturated carbocycles. The van der Waals surface area contributed by atoms with Crippen molar-refractivity contribution in [1.82, 2.24) is 4.90 Å². The molecular formula is C14H17ClN2O3. The van der Waals surface area contributed by atoms with E-state index in [1.165, 1.54) is 12.1 Å². The van der Waals surface area contributed by atoms with E-state index in [1.807, 2.05) is 6.92 Å². The second-order valence-electron chi connectivity index (χ2n) is 5.28. The number of halogens is 1. The number of hydrogen-bond donors (Lipinski definition) is 0. The van der Waals surface area contributed by atoms with Crippen LogP contribution in [-0.4, -0.2) is 28.3 Å². The minimum absolute atomic E-state index is 0.0478. The van der Waals surface area contributed by atoms with Gasteiger partial charge in [-0.15, -0.1) is 0 Å². The first kappa shape index (κ1) is 14.8. The highest BCUT2D eigenvalue weighted by Gasteiger charge is 2.29. The number of carbonyl (C=O) groups is 1. The summed E-state index contributed by atoms with van der Waals surface area (Å²) in [4.78, 5) is 24.6. The van der Waals surface area contributed by atoms with Crippen molar-refractivity contribution in [2.75, 3.05) is 6.54 Å². The SMILES string of the molecule is CC1CCCN(C(=O)c2ccc(Cl)c([N+](=O)[O-])c2)C1C. The highest BCUT2D eigenvalue weighted by molar-refractivity contribution is 6.32. The zero-order valence-electron chi connectivity index (χ0n) is 11.5. The highest BCUT2D eigenvalue weighted by Crippen LogP contribution is 2.28. The van der Waals surface area contributed by atoms with Crippen molar-refractivity contribution in [3.63, 3.8) is 0 Å². The largest absolute Gasteiger partial charge is 0.336 e. The maximum absolute atomic E-state index is 12.5. The molecule has 20 heavy (non-hydrogen) atoms. The zero-order valence-corrected chi connectivity index (χ0v) is 12.3. The molecular weight excluding hydrogens is 280 g/mol. The molecule has 108 valence electrons. The minimum Gasteiger partial charge on any atom is -0.336 e. The molecule has 0 radical (unpaired) electrons. The van der Waals surface area contributed by atoms with Crippen LogP contribution in [-0.2, 0) is 0 Å². The topological polar surface area (TPSA) is 63.5 Å². The Morgan fingerprint density at radius 2 is 2.15 bits per heavy atom. The number of hydrogen-bond acceptors (Lipinski definition) is 3. The number of carbonyl (C=O) groups excluding carboxylic acids is 1. The molecule has 1 aromatic rings. The Morgan fingerprint density at radius 3 is 2.80 bits per heavy atom. The van der Waals surface area contributed by atoms with E-state index in [1.54, 1.807) is 11.0 Å². The first-order valence-electron chi connectivity index (χ1n) is 6.66. The first-order valence-corrected chi connectivity index (χ1v) is 7.04. The van der Waals surface area contributed by atoms with E-state index < -0.39 is 4.92 Å². The molecule has 0 bridgehead atoms. The van der Waals surface area contributed by atoms with Gasteiger partial charge in [0.25, 0.3) is 11.6 Å². The molecule has 6 heteroatoms. The molecule has 1 saturated heterocycles. The Bertz CT molecular complexity index is 547. The molecule has 2 atom stereocenters. The third-order valence-electron chi connectivity index (χ3n) is 4.02. The molecule has 1 aliphatic heterocycles.